The van der Waals surface area contributed by atoms with E-state index in [-0.39, 0.29) is 11.9 Å². The number of aromatic hydroxyl groups is 1. The van der Waals surface area contributed by atoms with Crippen LogP contribution in [0.15, 0.2) is 36.4 Å². The normalized spacial score (nSPS) is 16.8. The molecule has 1 aliphatic heterocycles. The highest BCUT2D eigenvalue weighted by atomic mass is 16.5. The number of fused-ring (bicyclic) bond motifs is 1. The summed E-state index contributed by atoms with van der Waals surface area (Å²) >= 11 is 0. The molecule has 21 heavy (non-hydrogen) atoms. The van der Waals surface area contributed by atoms with Crippen LogP contribution in [0.4, 0.5) is 0 Å². The molecule has 0 aliphatic carbocycles. The lowest BCUT2D eigenvalue weighted by Crippen LogP contribution is -2.15. The zero-order chi connectivity index (χ0) is 14.8. The molecule has 4 nitrogen and oxygen atoms in total. The van der Waals surface area contributed by atoms with Crippen molar-refractivity contribution in [3.8, 4) is 23.0 Å². The van der Waals surface area contributed by atoms with Crippen LogP contribution in [0.2, 0.25) is 0 Å². The van der Waals surface area contributed by atoms with Gasteiger partial charge in [-0.05, 0) is 42.2 Å². The Kier molecular flexibility index (Phi) is 3.60. The Balaban J connectivity index is 1.88. The lowest BCUT2D eigenvalue weighted by molar-refractivity contribution is 0.175. The van der Waals surface area contributed by atoms with Crippen molar-refractivity contribution in [2.24, 2.45) is 0 Å². The number of rotatable bonds is 3. The van der Waals surface area contributed by atoms with Gasteiger partial charge in [-0.2, -0.15) is 0 Å². The summed E-state index contributed by atoms with van der Waals surface area (Å²) < 4.78 is 16.5. The Morgan fingerprint density at radius 2 is 1.95 bits per heavy atom. The van der Waals surface area contributed by atoms with E-state index < -0.39 is 0 Å². The van der Waals surface area contributed by atoms with Gasteiger partial charge in [0.25, 0.3) is 0 Å². The molecule has 0 aromatic heterocycles. The largest absolute Gasteiger partial charge is 0.504 e. The van der Waals surface area contributed by atoms with Gasteiger partial charge in [0.1, 0.15) is 17.6 Å². The standard InChI is InChI=1S/C17H18O4/c1-19-13-6-3-11-5-8-15(21-16(11)10-13)12-4-7-14(18)17(9-12)20-2/h3-4,6-7,9-10,15,18H,5,8H2,1-2H3. The average Bonchev–Trinajstić information content (AvgIpc) is 2.54. The second-order valence-corrected chi connectivity index (χ2v) is 5.05. The van der Waals surface area contributed by atoms with Crippen molar-refractivity contribution < 1.29 is 19.3 Å². The summed E-state index contributed by atoms with van der Waals surface area (Å²) in [4.78, 5) is 0. The van der Waals surface area contributed by atoms with Crippen LogP contribution >= 0.6 is 0 Å². The number of phenolic OH excluding ortho intramolecular Hbond substituents is 1. The van der Waals surface area contributed by atoms with Crippen molar-refractivity contribution >= 4 is 0 Å². The second-order valence-electron chi connectivity index (χ2n) is 5.05. The molecule has 0 bridgehead atoms. The van der Waals surface area contributed by atoms with Crippen LogP contribution in [0.25, 0.3) is 0 Å². The Bertz CT molecular complexity index is 651. The van der Waals surface area contributed by atoms with Gasteiger partial charge in [0.15, 0.2) is 11.5 Å². The lowest BCUT2D eigenvalue weighted by atomic mass is 9.97. The number of benzene rings is 2. The summed E-state index contributed by atoms with van der Waals surface area (Å²) in [5.41, 5.74) is 2.19. The average molecular weight is 286 g/mol. The minimum Gasteiger partial charge on any atom is -0.504 e. The first-order valence-corrected chi connectivity index (χ1v) is 6.91. The maximum atomic E-state index is 9.68. The molecule has 2 aromatic carbocycles. The predicted molar refractivity (Wildman–Crippen MR) is 79.3 cm³/mol. The summed E-state index contributed by atoms with van der Waals surface area (Å²) in [7, 11) is 3.19. The van der Waals surface area contributed by atoms with Crippen LogP contribution in [0.5, 0.6) is 23.0 Å². The van der Waals surface area contributed by atoms with E-state index in [0.29, 0.717) is 5.75 Å². The highest BCUT2D eigenvalue weighted by molar-refractivity contribution is 5.45. The van der Waals surface area contributed by atoms with Crippen molar-refractivity contribution in [1.82, 2.24) is 0 Å². The number of phenols is 1. The molecular weight excluding hydrogens is 268 g/mol. The Morgan fingerprint density at radius 1 is 1.10 bits per heavy atom. The van der Waals surface area contributed by atoms with Gasteiger partial charge in [0.05, 0.1) is 14.2 Å². The highest BCUT2D eigenvalue weighted by Crippen LogP contribution is 2.39. The van der Waals surface area contributed by atoms with Gasteiger partial charge in [0, 0.05) is 6.07 Å². The zero-order valence-electron chi connectivity index (χ0n) is 12.1. The summed E-state index contributed by atoms with van der Waals surface area (Å²) in [5.74, 6) is 2.25. The van der Waals surface area contributed by atoms with Crippen LogP contribution < -0.4 is 14.2 Å². The van der Waals surface area contributed by atoms with E-state index in [2.05, 4.69) is 0 Å². The molecule has 0 saturated heterocycles. The minimum atomic E-state index is -0.0425. The molecule has 110 valence electrons. The van der Waals surface area contributed by atoms with Crippen LogP contribution in [0.3, 0.4) is 0 Å². The van der Waals surface area contributed by atoms with Gasteiger partial charge in [0.2, 0.25) is 0 Å². The molecule has 1 unspecified atom stereocenters. The van der Waals surface area contributed by atoms with E-state index in [1.807, 2.05) is 30.3 Å². The van der Waals surface area contributed by atoms with Gasteiger partial charge in [-0.1, -0.05) is 12.1 Å². The van der Waals surface area contributed by atoms with E-state index in [4.69, 9.17) is 14.2 Å². The van der Waals surface area contributed by atoms with E-state index in [1.54, 1.807) is 20.3 Å². The fourth-order valence-corrected chi connectivity index (χ4v) is 2.61. The van der Waals surface area contributed by atoms with E-state index in [0.717, 1.165) is 29.9 Å². The summed E-state index contributed by atoms with van der Waals surface area (Å²) in [6, 6.07) is 11.2. The third-order valence-electron chi connectivity index (χ3n) is 3.79. The molecule has 1 N–H and O–H groups in total. The minimum absolute atomic E-state index is 0.0425. The van der Waals surface area contributed by atoms with Crippen LogP contribution in [0.1, 0.15) is 23.7 Å². The molecular formula is C17H18O4. The fourth-order valence-electron chi connectivity index (χ4n) is 2.61. The molecule has 0 fully saturated rings. The second kappa shape index (κ2) is 5.56. The molecule has 4 heteroatoms. The Labute approximate surface area is 123 Å². The van der Waals surface area contributed by atoms with E-state index in [1.165, 1.54) is 5.56 Å². The van der Waals surface area contributed by atoms with Crippen LogP contribution in [-0.4, -0.2) is 19.3 Å². The number of hydrogen-bond acceptors (Lipinski definition) is 4. The van der Waals surface area contributed by atoms with Gasteiger partial charge >= 0.3 is 0 Å². The van der Waals surface area contributed by atoms with Gasteiger partial charge < -0.3 is 19.3 Å². The van der Waals surface area contributed by atoms with Crippen LogP contribution in [-0.2, 0) is 6.42 Å². The summed E-state index contributed by atoms with van der Waals surface area (Å²) in [5, 5.41) is 9.68. The van der Waals surface area contributed by atoms with Gasteiger partial charge in [-0.15, -0.1) is 0 Å². The number of hydrogen-bond donors (Lipinski definition) is 1. The molecule has 2 aromatic rings. The smallest absolute Gasteiger partial charge is 0.160 e. The van der Waals surface area contributed by atoms with E-state index in [9.17, 15) is 5.11 Å². The Morgan fingerprint density at radius 3 is 2.71 bits per heavy atom. The molecule has 0 radical (unpaired) electrons. The lowest BCUT2D eigenvalue weighted by Gasteiger charge is -2.27. The van der Waals surface area contributed by atoms with Gasteiger partial charge in [-0.25, -0.2) is 0 Å². The van der Waals surface area contributed by atoms with Crippen molar-refractivity contribution in [2.75, 3.05) is 14.2 Å². The number of ether oxygens (including phenoxy) is 3. The molecule has 0 amide bonds. The van der Waals surface area contributed by atoms with E-state index >= 15 is 0 Å². The zero-order valence-corrected chi connectivity index (χ0v) is 12.1. The molecule has 0 saturated carbocycles. The third kappa shape index (κ3) is 2.61. The molecule has 1 heterocycles. The fraction of sp³-hybridized carbons (Fsp3) is 0.294. The van der Waals surface area contributed by atoms with Crippen molar-refractivity contribution in [3.05, 3.63) is 47.5 Å². The maximum absolute atomic E-state index is 9.68. The summed E-state index contributed by atoms with van der Waals surface area (Å²) in [6.45, 7) is 0. The maximum Gasteiger partial charge on any atom is 0.160 e. The quantitative estimate of drug-likeness (QED) is 0.938. The van der Waals surface area contributed by atoms with Crippen molar-refractivity contribution in [3.63, 3.8) is 0 Å². The predicted octanol–water partition coefficient (Wildman–Crippen LogP) is 3.48. The first-order valence-electron chi connectivity index (χ1n) is 6.91. The van der Waals surface area contributed by atoms with Gasteiger partial charge in [-0.3, -0.25) is 0 Å². The number of methoxy groups -OCH3 is 2. The first-order chi connectivity index (χ1) is 10.2. The molecule has 0 spiro atoms. The monoisotopic (exact) mass is 286 g/mol. The first kappa shape index (κ1) is 13.6. The third-order valence-corrected chi connectivity index (χ3v) is 3.79. The SMILES string of the molecule is COc1ccc2c(c1)OC(c1ccc(O)c(OC)c1)CC2. The molecule has 3 rings (SSSR count). The number of aryl methyl sites for hydroxylation is 1. The van der Waals surface area contributed by atoms with Crippen molar-refractivity contribution in [2.45, 2.75) is 18.9 Å². The summed E-state index contributed by atoms with van der Waals surface area (Å²) in [6.07, 6.45) is 1.81. The highest BCUT2D eigenvalue weighted by Gasteiger charge is 2.22. The molecule has 1 atom stereocenters. The Hall–Kier alpha value is -2.36. The molecule has 1 aliphatic rings. The van der Waals surface area contributed by atoms with Crippen LogP contribution in [0, 0.1) is 0 Å². The van der Waals surface area contributed by atoms with Crippen molar-refractivity contribution in [1.29, 1.82) is 0 Å². The topological polar surface area (TPSA) is 47.9 Å².